The Morgan fingerprint density at radius 1 is 1.33 bits per heavy atom. The number of thiophene rings is 1. The topological polar surface area (TPSA) is 0 Å². The van der Waals surface area contributed by atoms with Crippen molar-refractivity contribution in [2.75, 3.05) is 0 Å². The van der Waals surface area contributed by atoms with Gasteiger partial charge in [0.05, 0.1) is 0 Å². The second-order valence-electron chi connectivity index (χ2n) is 3.00. The average molecular weight is 222 g/mol. The molecule has 0 fully saturated rings. The second kappa shape index (κ2) is 8.49. The van der Waals surface area contributed by atoms with Crippen molar-refractivity contribution in [2.45, 2.75) is 41.0 Å². The van der Waals surface area contributed by atoms with Crippen LogP contribution in [0.25, 0.3) is 6.08 Å². The monoisotopic (exact) mass is 222 g/mol. The summed E-state index contributed by atoms with van der Waals surface area (Å²) in [7, 11) is 0. The van der Waals surface area contributed by atoms with E-state index in [0.29, 0.717) is 0 Å². The molecule has 0 bridgehead atoms. The van der Waals surface area contributed by atoms with Crippen LogP contribution in [0.15, 0.2) is 29.9 Å². The van der Waals surface area contributed by atoms with Crippen molar-refractivity contribution in [3.8, 4) is 0 Å². The molecule has 0 spiro atoms. The molecule has 0 atom stereocenters. The Morgan fingerprint density at radius 2 is 2.00 bits per heavy atom. The summed E-state index contributed by atoms with van der Waals surface area (Å²) >= 11 is 1.84. The van der Waals surface area contributed by atoms with Crippen molar-refractivity contribution in [2.24, 2.45) is 0 Å². The Hall–Kier alpha value is -0.820. The molecule has 0 aliphatic rings. The second-order valence-corrected chi connectivity index (χ2v) is 4.32. The number of hydrogen-bond acceptors (Lipinski definition) is 1. The lowest BCUT2D eigenvalue weighted by atomic mass is 10.2. The summed E-state index contributed by atoms with van der Waals surface area (Å²) in [6.45, 7) is 10.4. The summed E-state index contributed by atoms with van der Waals surface area (Å²) in [4.78, 5) is 2.71. The molecule has 1 rings (SSSR count). The van der Waals surface area contributed by atoms with Gasteiger partial charge in [-0.05, 0) is 38.5 Å². The number of rotatable bonds is 3. The maximum atomic E-state index is 2.20. The van der Waals surface area contributed by atoms with Gasteiger partial charge in [-0.2, -0.15) is 0 Å². The molecule has 0 saturated heterocycles. The van der Waals surface area contributed by atoms with E-state index in [9.17, 15) is 0 Å². The van der Waals surface area contributed by atoms with Crippen molar-refractivity contribution in [1.82, 2.24) is 0 Å². The van der Waals surface area contributed by atoms with Crippen molar-refractivity contribution in [3.05, 3.63) is 39.6 Å². The van der Waals surface area contributed by atoms with Gasteiger partial charge >= 0.3 is 0 Å². The lowest BCUT2D eigenvalue weighted by Gasteiger charge is -1.92. The zero-order valence-electron chi connectivity index (χ0n) is 10.5. The molecule has 1 aromatic rings. The van der Waals surface area contributed by atoms with Crippen molar-refractivity contribution in [1.29, 1.82) is 0 Å². The van der Waals surface area contributed by atoms with Crippen molar-refractivity contribution in [3.63, 3.8) is 0 Å². The van der Waals surface area contributed by atoms with Gasteiger partial charge in [0.2, 0.25) is 0 Å². The van der Waals surface area contributed by atoms with E-state index in [4.69, 9.17) is 0 Å². The summed E-state index contributed by atoms with van der Waals surface area (Å²) in [5, 5.41) is 0. The van der Waals surface area contributed by atoms with Gasteiger partial charge in [0.25, 0.3) is 0 Å². The SMILES string of the molecule is C/C=C(\C=C/c1ccc(C)s1)CC.CC. The van der Waals surface area contributed by atoms with Gasteiger partial charge in [0.15, 0.2) is 0 Å². The Kier molecular flexibility index (Phi) is 8.02. The van der Waals surface area contributed by atoms with Gasteiger partial charge in [-0.15, -0.1) is 11.3 Å². The lowest BCUT2D eigenvalue weighted by Crippen LogP contribution is -1.71. The molecule has 0 amide bonds. The minimum absolute atomic E-state index is 1.11. The molecule has 0 aliphatic carbocycles. The van der Waals surface area contributed by atoms with Crippen LogP contribution in [0.1, 0.15) is 43.9 Å². The summed E-state index contributed by atoms with van der Waals surface area (Å²) in [5.74, 6) is 0. The zero-order valence-corrected chi connectivity index (χ0v) is 11.3. The van der Waals surface area contributed by atoms with E-state index >= 15 is 0 Å². The van der Waals surface area contributed by atoms with Crippen LogP contribution in [0.3, 0.4) is 0 Å². The highest BCUT2D eigenvalue weighted by Crippen LogP contribution is 2.17. The normalized spacial score (nSPS) is 11.4. The number of allylic oxidation sites excluding steroid dienone is 3. The molecule has 1 heterocycles. The summed E-state index contributed by atoms with van der Waals surface area (Å²) in [6, 6.07) is 4.32. The van der Waals surface area contributed by atoms with E-state index < -0.39 is 0 Å². The van der Waals surface area contributed by atoms with E-state index in [0.717, 1.165) is 6.42 Å². The maximum absolute atomic E-state index is 2.20. The molecule has 0 nitrogen and oxygen atoms in total. The Morgan fingerprint density at radius 3 is 2.40 bits per heavy atom. The van der Waals surface area contributed by atoms with Gasteiger partial charge in [0, 0.05) is 9.75 Å². The van der Waals surface area contributed by atoms with Crippen LogP contribution in [-0.2, 0) is 0 Å². The number of aryl methyl sites for hydroxylation is 1. The van der Waals surface area contributed by atoms with E-state index in [1.807, 2.05) is 25.2 Å². The van der Waals surface area contributed by atoms with Gasteiger partial charge in [-0.3, -0.25) is 0 Å². The third-order valence-corrected chi connectivity index (χ3v) is 2.97. The van der Waals surface area contributed by atoms with Crippen LogP contribution in [0.4, 0.5) is 0 Å². The predicted octanol–water partition coefficient (Wildman–Crippen LogP) is 5.45. The van der Waals surface area contributed by atoms with E-state index in [2.05, 4.69) is 51.1 Å². The summed E-state index contributed by atoms with van der Waals surface area (Å²) in [6.07, 6.45) is 7.66. The fourth-order valence-electron chi connectivity index (χ4n) is 1.15. The quantitative estimate of drug-likeness (QED) is 0.596. The molecule has 1 aromatic heterocycles. The van der Waals surface area contributed by atoms with Gasteiger partial charge in [0.1, 0.15) is 0 Å². The first-order valence-corrected chi connectivity index (χ1v) is 6.47. The van der Waals surface area contributed by atoms with Crippen LogP contribution in [0.5, 0.6) is 0 Å². The third kappa shape index (κ3) is 5.58. The van der Waals surface area contributed by atoms with E-state index in [1.54, 1.807) is 0 Å². The van der Waals surface area contributed by atoms with Crippen molar-refractivity contribution >= 4 is 17.4 Å². The van der Waals surface area contributed by atoms with Gasteiger partial charge < -0.3 is 0 Å². The third-order valence-electron chi connectivity index (χ3n) is 2.00. The van der Waals surface area contributed by atoms with Crippen LogP contribution in [-0.4, -0.2) is 0 Å². The highest BCUT2D eigenvalue weighted by atomic mass is 32.1. The Labute approximate surface area is 98.3 Å². The molecule has 0 radical (unpaired) electrons. The van der Waals surface area contributed by atoms with Gasteiger partial charge in [-0.25, -0.2) is 0 Å². The first-order valence-electron chi connectivity index (χ1n) is 5.66. The van der Waals surface area contributed by atoms with Crippen LogP contribution >= 0.6 is 11.3 Å². The molecular formula is C14H22S. The fraction of sp³-hybridized carbons (Fsp3) is 0.429. The molecule has 84 valence electrons. The molecule has 0 aliphatic heterocycles. The average Bonchev–Trinajstić information content (AvgIpc) is 2.69. The first kappa shape index (κ1) is 14.2. The standard InChI is InChI=1S/C12H16S.C2H6/c1-4-11(5-2)7-9-12-8-6-10(3)13-12;1-2/h4,6-9H,5H2,1-3H3;1-2H3/b9-7-,11-4-;. The van der Waals surface area contributed by atoms with Crippen LogP contribution in [0, 0.1) is 6.92 Å². The van der Waals surface area contributed by atoms with E-state index in [1.165, 1.54) is 15.3 Å². The molecule has 15 heavy (non-hydrogen) atoms. The van der Waals surface area contributed by atoms with Crippen molar-refractivity contribution < 1.29 is 0 Å². The van der Waals surface area contributed by atoms with Gasteiger partial charge in [-0.1, -0.05) is 38.5 Å². The maximum Gasteiger partial charge on any atom is 0.0273 e. The molecule has 0 N–H and O–H groups in total. The fourth-order valence-corrected chi connectivity index (χ4v) is 1.93. The molecular weight excluding hydrogens is 200 g/mol. The molecule has 1 heteroatoms. The largest absolute Gasteiger partial charge is 0.141 e. The highest BCUT2D eigenvalue weighted by molar-refractivity contribution is 7.12. The summed E-state index contributed by atoms with van der Waals surface area (Å²) < 4.78 is 0. The molecule has 0 saturated carbocycles. The highest BCUT2D eigenvalue weighted by Gasteiger charge is 1.91. The molecule has 0 unspecified atom stereocenters. The Balaban J connectivity index is 0.000000921. The number of hydrogen-bond donors (Lipinski definition) is 0. The lowest BCUT2D eigenvalue weighted by molar-refractivity contribution is 1.14. The zero-order chi connectivity index (χ0) is 11.7. The molecule has 0 aromatic carbocycles. The smallest absolute Gasteiger partial charge is 0.0273 e. The minimum atomic E-state index is 1.11. The van der Waals surface area contributed by atoms with Crippen LogP contribution < -0.4 is 0 Å². The van der Waals surface area contributed by atoms with Crippen LogP contribution in [0.2, 0.25) is 0 Å². The Bertz CT molecular complexity index is 316. The van der Waals surface area contributed by atoms with E-state index in [-0.39, 0.29) is 0 Å². The minimum Gasteiger partial charge on any atom is -0.141 e. The predicted molar refractivity (Wildman–Crippen MR) is 73.5 cm³/mol. The first-order chi connectivity index (χ1) is 7.26. The summed E-state index contributed by atoms with van der Waals surface area (Å²) in [5.41, 5.74) is 1.39.